The van der Waals surface area contributed by atoms with Crippen LogP contribution in [0.5, 0.6) is 0 Å². The Morgan fingerprint density at radius 1 is 1.10 bits per heavy atom. The molecule has 2 heterocycles. The Labute approximate surface area is 170 Å². The molecule has 0 aliphatic carbocycles. The summed E-state index contributed by atoms with van der Waals surface area (Å²) in [5.74, 6) is 0.106. The molecule has 0 amide bonds. The van der Waals surface area contributed by atoms with Crippen LogP contribution in [0, 0.1) is 11.7 Å². The zero-order valence-corrected chi connectivity index (χ0v) is 16.9. The molecule has 4 rings (SSSR count). The topological polar surface area (TPSA) is 61.3 Å². The molecule has 0 radical (unpaired) electrons. The summed E-state index contributed by atoms with van der Waals surface area (Å²) in [4.78, 5) is 26.2. The number of hydrogen-bond acceptors (Lipinski definition) is 3. The highest BCUT2D eigenvalue weighted by atomic mass is 35.5. The molecule has 0 N–H and O–H groups in total. The van der Waals surface area contributed by atoms with Gasteiger partial charge in [0.25, 0.3) is 5.56 Å². The summed E-state index contributed by atoms with van der Waals surface area (Å²) in [6, 6.07) is 11.3. The molecule has 0 atom stereocenters. The van der Waals surface area contributed by atoms with Gasteiger partial charge in [0.1, 0.15) is 5.82 Å². The Morgan fingerprint density at radius 2 is 1.86 bits per heavy atom. The first-order valence-corrected chi connectivity index (χ1v) is 9.80. The fraction of sp³-hybridized carbons (Fsp3) is 0.286. The molecule has 2 aromatic heterocycles. The summed E-state index contributed by atoms with van der Waals surface area (Å²) in [6.07, 6.45) is 0.758. The van der Waals surface area contributed by atoms with Crippen LogP contribution in [0.4, 0.5) is 4.39 Å². The van der Waals surface area contributed by atoms with Gasteiger partial charge in [-0.2, -0.15) is 0 Å². The molecule has 0 saturated carbocycles. The lowest BCUT2D eigenvalue weighted by atomic mass is 10.1. The largest absolute Gasteiger partial charge is 0.352 e. The second kappa shape index (κ2) is 7.48. The third-order valence-electron chi connectivity index (χ3n) is 4.98. The van der Waals surface area contributed by atoms with Gasteiger partial charge < -0.3 is 0 Å². The molecule has 150 valence electrons. The number of benzene rings is 2. The average Bonchev–Trinajstić information content (AvgIpc) is 3.01. The highest BCUT2D eigenvalue weighted by Gasteiger charge is 2.19. The van der Waals surface area contributed by atoms with Crippen molar-refractivity contribution in [1.29, 1.82) is 0 Å². The summed E-state index contributed by atoms with van der Waals surface area (Å²) in [6.45, 7) is 4.43. The van der Waals surface area contributed by atoms with Crippen molar-refractivity contribution in [3.63, 3.8) is 0 Å². The van der Waals surface area contributed by atoms with E-state index in [1.54, 1.807) is 30.3 Å². The summed E-state index contributed by atoms with van der Waals surface area (Å²) < 4.78 is 18.3. The normalized spacial score (nSPS) is 11.8. The van der Waals surface area contributed by atoms with Crippen LogP contribution in [0.1, 0.15) is 25.8 Å². The van der Waals surface area contributed by atoms with Gasteiger partial charge in [-0.05, 0) is 36.6 Å². The quantitative estimate of drug-likeness (QED) is 0.500. The highest BCUT2D eigenvalue weighted by Crippen LogP contribution is 2.20. The molecule has 0 aliphatic heterocycles. The van der Waals surface area contributed by atoms with E-state index in [2.05, 4.69) is 18.9 Å². The van der Waals surface area contributed by atoms with Crippen LogP contribution in [0.3, 0.4) is 0 Å². The molecule has 0 saturated heterocycles. The summed E-state index contributed by atoms with van der Waals surface area (Å²) in [5, 5.41) is 5.04. The molecule has 29 heavy (non-hydrogen) atoms. The Kier molecular flexibility index (Phi) is 5.00. The van der Waals surface area contributed by atoms with Crippen LogP contribution < -0.4 is 11.2 Å². The number of para-hydroxylation sites is 1. The molecule has 2 aromatic carbocycles. The van der Waals surface area contributed by atoms with E-state index in [4.69, 9.17) is 11.6 Å². The second-order valence-electron chi connectivity index (χ2n) is 7.43. The molecular weight excluding hydrogens is 395 g/mol. The van der Waals surface area contributed by atoms with Crippen LogP contribution >= 0.6 is 11.6 Å². The van der Waals surface area contributed by atoms with E-state index in [1.807, 2.05) is 0 Å². The molecule has 0 bridgehead atoms. The predicted octanol–water partition coefficient (Wildman–Crippen LogP) is 3.70. The molecular formula is C21H20ClFN4O2. The van der Waals surface area contributed by atoms with E-state index in [0.29, 0.717) is 23.4 Å². The lowest BCUT2D eigenvalue weighted by molar-refractivity contribution is 0.511. The van der Waals surface area contributed by atoms with Crippen LogP contribution in [0.15, 0.2) is 52.1 Å². The number of fused-ring (bicyclic) bond motifs is 3. The smallest absolute Gasteiger partial charge is 0.276 e. The third-order valence-corrected chi connectivity index (χ3v) is 5.34. The van der Waals surface area contributed by atoms with Crippen molar-refractivity contribution in [2.75, 3.05) is 0 Å². The fourth-order valence-electron chi connectivity index (χ4n) is 3.39. The van der Waals surface area contributed by atoms with Crippen LogP contribution in [-0.2, 0) is 13.1 Å². The third kappa shape index (κ3) is 3.35. The Balaban J connectivity index is 1.99. The lowest BCUT2D eigenvalue weighted by Crippen LogP contribution is -2.27. The number of halogens is 2. The maximum Gasteiger partial charge on any atom is 0.352 e. The minimum Gasteiger partial charge on any atom is -0.276 e. The van der Waals surface area contributed by atoms with E-state index < -0.39 is 11.5 Å². The van der Waals surface area contributed by atoms with E-state index in [0.717, 1.165) is 11.1 Å². The molecule has 0 unspecified atom stereocenters. The Hall–Kier alpha value is -2.93. The first-order chi connectivity index (χ1) is 13.9. The lowest BCUT2D eigenvalue weighted by Gasteiger charge is -2.10. The van der Waals surface area contributed by atoms with Crippen LogP contribution in [0.25, 0.3) is 16.7 Å². The van der Waals surface area contributed by atoms with Crippen molar-refractivity contribution in [1.82, 2.24) is 18.7 Å². The van der Waals surface area contributed by atoms with E-state index in [9.17, 15) is 14.0 Å². The highest BCUT2D eigenvalue weighted by molar-refractivity contribution is 6.31. The summed E-state index contributed by atoms with van der Waals surface area (Å²) in [7, 11) is 0. The van der Waals surface area contributed by atoms with Crippen LogP contribution in [-0.4, -0.2) is 18.7 Å². The Bertz CT molecular complexity index is 1320. The van der Waals surface area contributed by atoms with Crippen molar-refractivity contribution in [2.24, 2.45) is 5.92 Å². The molecule has 6 nitrogen and oxygen atoms in total. The number of nitrogens with zero attached hydrogens (tertiary/aromatic N) is 4. The van der Waals surface area contributed by atoms with Gasteiger partial charge in [0, 0.05) is 17.1 Å². The van der Waals surface area contributed by atoms with Crippen molar-refractivity contribution >= 4 is 28.3 Å². The predicted molar refractivity (Wildman–Crippen MR) is 111 cm³/mol. The van der Waals surface area contributed by atoms with Crippen molar-refractivity contribution in [3.05, 3.63) is 79.7 Å². The molecule has 8 heteroatoms. The summed E-state index contributed by atoms with van der Waals surface area (Å²) >= 11 is 6.12. The zero-order valence-electron chi connectivity index (χ0n) is 16.1. The van der Waals surface area contributed by atoms with Crippen molar-refractivity contribution in [2.45, 2.75) is 33.4 Å². The minimum atomic E-state index is -0.511. The second-order valence-corrected chi connectivity index (χ2v) is 7.84. The monoisotopic (exact) mass is 414 g/mol. The SMILES string of the molecule is CC(C)CCn1c(=O)c2ccccc2n2c(=O)n(Cc3c(F)cccc3Cl)nc12. The van der Waals surface area contributed by atoms with Gasteiger partial charge in [0.15, 0.2) is 0 Å². The molecule has 0 spiro atoms. The Morgan fingerprint density at radius 3 is 2.59 bits per heavy atom. The zero-order chi connectivity index (χ0) is 20.7. The van der Waals surface area contributed by atoms with Gasteiger partial charge in [-0.15, -0.1) is 5.10 Å². The fourth-order valence-corrected chi connectivity index (χ4v) is 3.62. The van der Waals surface area contributed by atoms with E-state index in [1.165, 1.54) is 21.1 Å². The average molecular weight is 415 g/mol. The number of rotatable bonds is 5. The first kappa shape index (κ1) is 19.4. The molecule has 4 aromatic rings. The number of aryl methyl sites for hydroxylation is 1. The van der Waals surface area contributed by atoms with Gasteiger partial charge in [0.05, 0.1) is 17.4 Å². The van der Waals surface area contributed by atoms with Gasteiger partial charge in [0.2, 0.25) is 5.78 Å². The van der Waals surface area contributed by atoms with Gasteiger partial charge in [-0.25, -0.2) is 18.3 Å². The first-order valence-electron chi connectivity index (χ1n) is 9.42. The minimum absolute atomic E-state index is 0.126. The van der Waals surface area contributed by atoms with Crippen LogP contribution in [0.2, 0.25) is 5.02 Å². The number of hydrogen-bond donors (Lipinski definition) is 0. The van der Waals surface area contributed by atoms with Crippen molar-refractivity contribution < 1.29 is 4.39 Å². The van der Waals surface area contributed by atoms with E-state index in [-0.39, 0.29) is 28.5 Å². The maximum absolute atomic E-state index is 14.2. The number of aromatic nitrogens is 4. The molecule has 0 fully saturated rings. The van der Waals surface area contributed by atoms with E-state index >= 15 is 0 Å². The van der Waals surface area contributed by atoms with Gasteiger partial charge >= 0.3 is 5.69 Å². The van der Waals surface area contributed by atoms with Crippen molar-refractivity contribution in [3.8, 4) is 0 Å². The van der Waals surface area contributed by atoms with Gasteiger partial charge in [-0.3, -0.25) is 9.36 Å². The van der Waals surface area contributed by atoms with Gasteiger partial charge in [-0.1, -0.05) is 43.6 Å². The maximum atomic E-state index is 14.2. The standard InChI is InChI=1S/C21H20ClFN4O2/c1-13(2)10-11-25-19(28)14-6-3-4-9-18(14)27-20(25)24-26(21(27)29)12-15-16(22)7-5-8-17(15)23/h3-9,13H,10-12H2,1-2H3. The summed E-state index contributed by atoms with van der Waals surface area (Å²) in [5.41, 5.74) is 0.00729. The molecule has 0 aliphatic rings.